The van der Waals surface area contributed by atoms with Crippen LogP contribution in [0.3, 0.4) is 0 Å². The first kappa shape index (κ1) is 19.8. The Balaban J connectivity index is 1.43. The number of piperazine rings is 1. The second-order valence-electron chi connectivity index (χ2n) is 7.71. The van der Waals surface area contributed by atoms with E-state index in [1.54, 1.807) is 6.07 Å². The van der Waals surface area contributed by atoms with Crippen molar-refractivity contribution in [2.24, 2.45) is 4.99 Å². The predicted molar refractivity (Wildman–Crippen MR) is 113 cm³/mol. The number of hydrogen-bond donors (Lipinski definition) is 2. The van der Waals surface area contributed by atoms with Crippen LogP contribution in [0.4, 0.5) is 5.69 Å². The first-order chi connectivity index (χ1) is 13.2. The average molecular weight is 374 g/mol. The maximum Gasteiger partial charge on any atom is 0.193 e. The third-order valence-corrected chi connectivity index (χ3v) is 5.96. The van der Waals surface area contributed by atoms with E-state index in [0.717, 1.165) is 57.0 Å². The molecule has 0 aromatic heterocycles. The van der Waals surface area contributed by atoms with Gasteiger partial charge in [-0.25, -0.2) is 0 Å². The molecule has 0 spiro atoms. The van der Waals surface area contributed by atoms with Gasteiger partial charge in [-0.05, 0) is 32.0 Å². The number of likely N-dealkylation sites (N-methyl/N-ethyl adjacent to an activating group) is 1. The van der Waals surface area contributed by atoms with Crippen LogP contribution < -0.4 is 10.2 Å². The number of nitrogens with zero attached hydrogens (tertiary/aromatic N) is 4. The molecular weight excluding hydrogens is 338 g/mol. The van der Waals surface area contributed by atoms with Gasteiger partial charge in [-0.2, -0.15) is 0 Å². The highest BCUT2D eigenvalue weighted by atomic mass is 16.3. The van der Waals surface area contributed by atoms with Gasteiger partial charge in [-0.15, -0.1) is 0 Å². The number of hydrogen-bond acceptors (Lipinski definition) is 4. The molecule has 0 radical (unpaired) electrons. The van der Waals surface area contributed by atoms with E-state index in [1.807, 2.05) is 25.2 Å². The molecule has 0 atom stereocenters. The quantitative estimate of drug-likeness (QED) is 0.613. The molecule has 2 fully saturated rings. The molecule has 6 nitrogen and oxygen atoms in total. The molecule has 3 rings (SSSR count). The summed E-state index contributed by atoms with van der Waals surface area (Å²) in [7, 11) is 4.12. The van der Waals surface area contributed by atoms with Gasteiger partial charge in [-0.1, -0.05) is 31.4 Å². The van der Waals surface area contributed by atoms with E-state index >= 15 is 0 Å². The first-order valence-corrected chi connectivity index (χ1v) is 10.4. The zero-order chi connectivity index (χ0) is 19.1. The number of anilines is 1. The summed E-state index contributed by atoms with van der Waals surface area (Å²) in [5.41, 5.74) is 0.925. The monoisotopic (exact) mass is 373 g/mol. The van der Waals surface area contributed by atoms with E-state index in [4.69, 9.17) is 0 Å². The zero-order valence-corrected chi connectivity index (χ0v) is 16.9. The first-order valence-electron chi connectivity index (χ1n) is 10.4. The summed E-state index contributed by atoms with van der Waals surface area (Å²) in [6.07, 6.45) is 6.86. The Hall–Kier alpha value is -1.95. The van der Waals surface area contributed by atoms with Gasteiger partial charge >= 0.3 is 0 Å². The Labute approximate surface area is 163 Å². The molecule has 6 heteroatoms. The highest BCUT2D eigenvalue weighted by Gasteiger charge is 2.22. The van der Waals surface area contributed by atoms with E-state index in [1.165, 1.54) is 32.1 Å². The van der Waals surface area contributed by atoms with Crippen molar-refractivity contribution in [1.82, 2.24) is 15.1 Å². The molecule has 1 saturated heterocycles. The maximum atomic E-state index is 10.1. The second-order valence-corrected chi connectivity index (χ2v) is 7.71. The van der Waals surface area contributed by atoms with Crippen molar-refractivity contribution in [2.45, 2.75) is 38.1 Å². The minimum absolute atomic E-state index is 0.360. The Morgan fingerprint density at radius 2 is 1.85 bits per heavy atom. The molecule has 0 unspecified atom stereocenters. The average Bonchev–Trinajstić information content (AvgIpc) is 2.72. The summed E-state index contributed by atoms with van der Waals surface area (Å²) in [4.78, 5) is 11.6. The number of benzene rings is 1. The summed E-state index contributed by atoms with van der Waals surface area (Å²) in [5.74, 6) is 1.35. The highest BCUT2D eigenvalue weighted by molar-refractivity contribution is 5.80. The molecule has 1 heterocycles. The van der Waals surface area contributed by atoms with Crippen molar-refractivity contribution in [2.75, 3.05) is 58.3 Å². The van der Waals surface area contributed by atoms with Crippen LogP contribution in [0.15, 0.2) is 29.3 Å². The summed E-state index contributed by atoms with van der Waals surface area (Å²) >= 11 is 0. The normalized spacial score (nSPS) is 19.6. The predicted octanol–water partition coefficient (Wildman–Crippen LogP) is 2.35. The maximum absolute atomic E-state index is 10.1. The van der Waals surface area contributed by atoms with Crippen molar-refractivity contribution in [3.8, 4) is 5.75 Å². The van der Waals surface area contributed by atoms with E-state index in [0.29, 0.717) is 5.75 Å². The van der Waals surface area contributed by atoms with Gasteiger partial charge in [0.15, 0.2) is 5.96 Å². The van der Waals surface area contributed by atoms with Gasteiger partial charge in [-0.3, -0.25) is 4.99 Å². The number of aliphatic imine (C=N–C) groups is 1. The molecule has 1 aromatic rings. The van der Waals surface area contributed by atoms with E-state index < -0.39 is 0 Å². The van der Waals surface area contributed by atoms with E-state index in [-0.39, 0.29) is 0 Å². The fourth-order valence-electron chi connectivity index (χ4n) is 4.27. The van der Waals surface area contributed by atoms with Crippen LogP contribution in [0, 0.1) is 0 Å². The number of rotatable bonds is 5. The Kier molecular flexibility index (Phi) is 7.21. The van der Waals surface area contributed by atoms with Gasteiger partial charge in [0.25, 0.3) is 0 Å². The van der Waals surface area contributed by atoms with Crippen molar-refractivity contribution in [1.29, 1.82) is 0 Å². The highest BCUT2D eigenvalue weighted by Crippen LogP contribution is 2.27. The fourth-order valence-corrected chi connectivity index (χ4v) is 4.27. The lowest BCUT2D eigenvalue weighted by atomic mass is 9.94. The molecule has 1 saturated carbocycles. The second kappa shape index (κ2) is 9.83. The number of phenols is 1. The molecule has 0 amide bonds. The third kappa shape index (κ3) is 5.28. The van der Waals surface area contributed by atoms with Gasteiger partial charge in [0.1, 0.15) is 5.75 Å². The standard InChI is InChI=1S/C21H35N5O/c1-22-21(23-12-13-24(2)18-8-4-3-5-9-18)26-16-14-25(15-17-26)19-10-6-7-11-20(19)27/h6-7,10-11,18,27H,3-5,8-9,12-17H2,1-2H3,(H,22,23). The van der Waals surface area contributed by atoms with Crippen LogP contribution in [-0.2, 0) is 0 Å². The Bertz CT molecular complexity index is 606. The van der Waals surface area contributed by atoms with Crippen LogP contribution >= 0.6 is 0 Å². The van der Waals surface area contributed by atoms with Crippen LogP contribution in [0.25, 0.3) is 0 Å². The van der Waals surface area contributed by atoms with Crippen LogP contribution in [0.1, 0.15) is 32.1 Å². The van der Waals surface area contributed by atoms with Crippen molar-refractivity contribution >= 4 is 11.6 Å². The number of para-hydroxylation sites is 2. The number of aromatic hydroxyl groups is 1. The number of nitrogens with one attached hydrogen (secondary N) is 1. The topological polar surface area (TPSA) is 54.3 Å². The largest absolute Gasteiger partial charge is 0.506 e. The minimum Gasteiger partial charge on any atom is -0.506 e. The fraction of sp³-hybridized carbons (Fsp3) is 0.667. The van der Waals surface area contributed by atoms with E-state index in [2.05, 4.69) is 32.1 Å². The molecule has 1 aromatic carbocycles. The molecule has 27 heavy (non-hydrogen) atoms. The summed E-state index contributed by atoms with van der Waals surface area (Å²) in [6, 6.07) is 8.34. The molecular formula is C21H35N5O. The zero-order valence-electron chi connectivity index (χ0n) is 16.9. The Morgan fingerprint density at radius 1 is 1.15 bits per heavy atom. The summed E-state index contributed by atoms with van der Waals surface area (Å²) in [5, 5.41) is 13.6. The minimum atomic E-state index is 0.360. The van der Waals surface area contributed by atoms with Gasteiger partial charge in [0.05, 0.1) is 5.69 Å². The molecule has 0 bridgehead atoms. The van der Waals surface area contributed by atoms with Crippen LogP contribution in [0.2, 0.25) is 0 Å². The third-order valence-electron chi connectivity index (χ3n) is 5.96. The van der Waals surface area contributed by atoms with Crippen LogP contribution in [0.5, 0.6) is 5.75 Å². The molecule has 1 aliphatic carbocycles. The molecule has 2 N–H and O–H groups in total. The van der Waals surface area contributed by atoms with Gasteiger partial charge in [0.2, 0.25) is 0 Å². The number of guanidine groups is 1. The number of phenolic OH excluding ortho intramolecular Hbond substituents is 1. The summed E-state index contributed by atoms with van der Waals surface area (Å²) in [6.45, 7) is 5.58. The Morgan fingerprint density at radius 3 is 2.52 bits per heavy atom. The molecule has 150 valence electrons. The SMILES string of the molecule is CN=C(NCCN(C)C1CCCCC1)N1CCN(c2ccccc2O)CC1. The smallest absolute Gasteiger partial charge is 0.193 e. The van der Waals surface area contributed by atoms with Crippen molar-refractivity contribution < 1.29 is 5.11 Å². The van der Waals surface area contributed by atoms with Crippen molar-refractivity contribution in [3.63, 3.8) is 0 Å². The van der Waals surface area contributed by atoms with Crippen LogP contribution in [-0.4, -0.2) is 80.3 Å². The lowest BCUT2D eigenvalue weighted by molar-refractivity contribution is 0.194. The molecule has 2 aliphatic rings. The molecule has 1 aliphatic heterocycles. The van der Waals surface area contributed by atoms with Gasteiger partial charge in [0, 0.05) is 52.4 Å². The van der Waals surface area contributed by atoms with Crippen molar-refractivity contribution in [3.05, 3.63) is 24.3 Å². The lowest BCUT2D eigenvalue weighted by Gasteiger charge is -2.38. The summed E-state index contributed by atoms with van der Waals surface area (Å²) < 4.78 is 0. The van der Waals surface area contributed by atoms with Gasteiger partial charge < -0.3 is 25.1 Å². The lowest BCUT2D eigenvalue weighted by Crippen LogP contribution is -2.53. The van der Waals surface area contributed by atoms with E-state index in [9.17, 15) is 5.11 Å².